The minimum Gasteiger partial charge on any atom is -0.218 e. The Hall–Kier alpha value is -0.990. The summed E-state index contributed by atoms with van der Waals surface area (Å²) in [7, 11) is 0. The van der Waals surface area contributed by atoms with Crippen molar-refractivity contribution in [1.29, 1.82) is 0 Å². The number of hydrogen-bond donors (Lipinski definition) is 0. The Kier molecular flexibility index (Phi) is 23.5. The molecule has 1 heterocycles. The smallest absolute Gasteiger partial charge is 0.132 e. The van der Waals surface area contributed by atoms with Gasteiger partial charge in [0.05, 0.1) is 0 Å². The lowest BCUT2D eigenvalue weighted by Gasteiger charge is -2.08. The highest BCUT2D eigenvalue weighted by Crippen LogP contribution is 2.14. The molecule has 0 aliphatic rings. The Morgan fingerprint density at radius 2 is 0.500 bits per heavy atom. The van der Waals surface area contributed by atoms with Gasteiger partial charge >= 0.3 is 0 Å². The molecule has 0 radical (unpaired) electrons. The molecule has 0 spiro atoms. The van der Waals surface area contributed by atoms with Crippen molar-refractivity contribution in [3.63, 3.8) is 0 Å². The summed E-state index contributed by atoms with van der Waals surface area (Å²) in [5.41, 5.74) is 0. The third-order valence-electron chi connectivity index (χ3n) is 7.54. The molecule has 3 heteroatoms. The Balaban J connectivity index is 2.21. The van der Waals surface area contributed by atoms with Crippen LogP contribution in [-0.4, -0.2) is 15.0 Å². The van der Waals surface area contributed by atoms with Gasteiger partial charge in [0.15, 0.2) is 0 Å². The molecule has 0 unspecified atom stereocenters. The fourth-order valence-corrected chi connectivity index (χ4v) is 5.09. The zero-order chi connectivity index (χ0) is 25.9. The number of unbranched alkanes of at least 4 members (excludes halogenated alkanes) is 21. The van der Waals surface area contributed by atoms with Crippen LogP contribution in [0.2, 0.25) is 0 Å². The van der Waals surface area contributed by atoms with E-state index in [-0.39, 0.29) is 0 Å². The Morgan fingerprint density at radius 3 is 0.778 bits per heavy atom. The maximum absolute atomic E-state index is 4.88. The van der Waals surface area contributed by atoms with E-state index >= 15 is 0 Å². The first-order valence-electron chi connectivity index (χ1n) is 16.5. The van der Waals surface area contributed by atoms with E-state index in [1.54, 1.807) is 0 Å². The molecule has 0 atom stereocenters. The monoisotopic (exact) mass is 502 g/mol. The SMILES string of the molecule is CCCCCCCCCCCCCc1nc(CCCC)nc(CCCCCCCCCCCCC)n1. The summed E-state index contributed by atoms with van der Waals surface area (Å²) in [5.74, 6) is 3.16. The molecular formula is C33H63N3. The van der Waals surface area contributed by atoms with Gasteiger partial charge in [-0.05, 0) is 19.3 Å². The molecule has 0 aromatic carbocycles. The average molecular weight is 502 g/mol. The largest absolute Gasteiger partial charge is 0.218 e. The average Bonchev–Trinajstić information content (AvgIpc) is 2.89. The summed E-state index contributed by atoms with van der Waals surface area (Å²) < 4.78 is 0. The van der Waals surface area contributed by atoms with Crippen LogP contribution in [0.4, 0.5) is 0 Å². The Bertz CT molecular complexity index is 542. The lowest BCUT2D eigenvalue weighted by molar-refractivity contribution is 0.543. The van der Waals surface area contributed by atoms with Crippen molar-refractivity contribution in [2.75, 3.05) is 0 Å². The van der Waals surface area contributed by atoms with E-state index in [1.165, 1.54) is 154 Å². The Labute approximate surface area is 226 Å². The van der Waals surface area contributed by atoms with Crippen LogP contribution in [0.1, 0.15) is 192 Å². The third-order valence-corrected chi connectivity index (χ3v) is 7.54. The number of aromatic nitrogens is 3. The normalized spacial score (nSPS) is 11.4. The molecule has 1 aromatic rings. The maximum Gasteiger partial charge on any atom is 0.132 e. The van der Waals surface area contributed by atoms with E-state index in [0.717, 1.165) is 36.7 Å². The minimum atomic E-state index is 1.01. The van der Waals surface area contributed by atoms with Crippen LogP contribution in [0, 0.1) is 0 Å². The van der Waals surface area contributed by atoms with Gasteiger partial charge in [-0.1, -0.05) is 156 Å². The van der Waals surface area contributed by atoms with Gasteiger partial charge < -0.3 is 0 Å². The van der Waals surface area contributed by atoms with E-state index in [1.807, 2.05) is 0 Å². The Morgan fingerprint density at radius 1 is 0.278 bits per heavy atom. The van der Waals surface area contributed by atoms with Crippen molar-refractivity contribution in [3.8, 4) is 0 Å². The van der Waals surface area contributed by atoms with Gasteiger partial charge in [0.2, 0.25) is 0 Å². The van der Waals surface area contributed by atoms with Crippen LogP contribution in [0.5, 0.6) is 0 Å². The molecule has 0 amide bonds. The van der Waals surface area contributed by atoms with Crippen LogP contribution in [0.3, 0.4) is 0 Å². The van der Waals surface area contributed by atoms with Crippen molar-refractivity contribution in [1.82, 2.24) is 15.0 Å². The van der Waals surface area contributed by atoms with Gasteiger partial charge in [-0.2, -0.15) is 0 Å². The molecule has 0 aliphatic heterocycles. The van der Waals surface area contributed by atoms with Crippen LogP contribution < -0.4 is 0 Å². The summed E-state index contributed by atoms with van der Waals surface area (Å²) in [6.45, 7) is 6.84. The van der Waals surface area contributed by atoms with E-state index in [0.29, 0.717) is 0 Å². The van der Waals surface area contributed by atoms with E-state index in [2.05, 4.69) is 20.8 Å². The molecule has 3 nitrogen and oxygen atoms in total. The maximum atomic E-state index is 4.88. The van der Waals surface area contributed by atoms with Crippen molar-refractivity contribution >= 4 is 0 Å². The van der Waals surface area contributed by atoms with Gasteiger partial charge in [-0.3, -0.25) is 0 Å². The molecule has 0 aliphatic carbocycles. The lowest BCUT2D eigenvalue weighted by Crippen LogP contribution is -2.08. The topological polar surface area (TPSA) is 38.7 Å². The first-order chi connectivity index (χ1) is 17.8. The highest BCUT2D eigenvalue weighted by atomic mass is 15.0. The third kappa shape index (κ3) is 20.1. The molecule has 36 heavy (non-hydrogen) atoms. The summed E-state index contributed by atoms with van der Waals surface area (Å²) in [5, 5.41) is 0. The van der Waals surface area contributed by atoms with Gasteiger partial charge in [0.1, 0.15) is 17.5 Å². The minimum absolute atomic E-state index is 1.01. The van der Waals surface area contributed by atoms with Gasteiger partial charge in [-0.15, -0.1) is 0 Å². The standard InChI is InChI=1S/C33H63N3/c1-4-7-10-12-14-16-18-20-22-24-26-29-32-34-31(28-9-6-3)35-33(36-32)30-27-25-23-21-19-17-15-13-11-8-5-2/h4-30H2,1-3H3. The van der Waals surface area contributed by atoms with E-state index in [4.69, 9.17) is 15.0 Å². The van der Waals surface area contributed by atoms with Crippen molar-refractivity contribution in [2.45, 2.75) is 194 Å². The highest BCUT2D eigenvalue weighted by Gasteiger charge is 2.07. The zero-order valence-corrected chi connectivity index (χ0v) is 24.9. The molecule has 1 aromatic heterocycles. The molecule has 210 valence electrons. The van der Waals surface area contributed by atoms with Crippen LogP contribution in [0.25, 0.3) is 0 Å². The van der Waals surface area contributed by atoms with Gasteiger partial charge in [0.25, 0.3) is 0 Å². The number of rotatable bonds is 27. The van der Waals surface area contributed by atoms with Crippen molar-refractivity contribution in [2.24, 2.45) is 0 Å². The predicted octanol–water partition coefficient (Wildman–Crippen LogP) is 10.9. The number of aryl methyl sites for hydroxylation is 3. The second kappa shape index (κ2) is 25.7. The van der Waals surface area contributed by atoms with E-state index < -0.39 is 0 Å². The second-order valence-electron chi connectivity index (χ2n) is 11.3. The second-order valence-corrected chi connectivity index (χ2v) is 11.3. The molecule has 0 N–H and O–H groups in total. The highest BCUT2D eigenvalue weighted by molar-refractivity contribution is 4.98. The zero-order valence-electron chi connectivity index (χ0n) is 24.9. The first-order valence-corrected chi connectivity index (χ1v) is 16.5. The molecule has 0 saturated carbocycles. The van der Waals surface area contributed by atoms with Crippen LogP contribution >= 0.6 is 0 Å². The van der Waals surface area contributed by atoms with Crippen molar-refractivity contribution < 1.29 is 0 Å². The molecule has 1 rings (SSSR count). The summed E-state index contributed by atoms with van der Waals surface area (Å²) in [6.07, 6.45) is 35.9. The van der Waals surface area contributed by atoms with Gasteiger partial charge in [-0.25, -0.2) is 15.0 Å². The van der Waals surface area contributed by atoms with Gasteiger partial charge in [0, 0.05) is 19.3 Å². The lowest BCUT2D eigenvalue weighted by atomic mass is 10.0. The summed E-state index contributed by atoms with van der Waals surface area (Å²) in [6, 6.07) is 0. The number of hydrogen-bond acceptors (Lipinski definition) is 3. The fourth-order valence-electron chi connectivity index (χ4n) is 5.09. The number of nitrogens with zero attached hydrogens (tertiary/aromatic N) is 3. The summed E-state index contributed by atoms with van der Waals surface area (Å²) in [4.78, 5) is 14.6. The molecule has 0 bridgehead atoms. The molecule has 0 saturated heterocycles. The predicted molar refractivity (Wildman–Crippen MR) is 159 cm³/mol. The fraction of sp³-hybridized carbons (Fsp3) is 0.909. The van der Waals surface area contributed by atoms with Crippen LogP contribution in [0.15, 0.2) is 0 Å². The summed E-state index contributed by atoms with van der Waals surface area (Å²) >= 11 is 0. The van der Waals surface area contributed by atoms with E-state index in [9.17, 15) is 0 Å². The van der Waals surface area contributed by atoms with Crippen molar-refractivity contribution in [3.05, 3.63) is 17.5 Å². The first kappa shape index (κ1) is 33.0. The van der Waals surface area contributed by atoms with Crippen LogP contribution in [-0.2, 0) is 19.3 Å². The molecule has 0 fully saturated rings. The quantitative estimate of drug-likeness (QED) is 0.112. The molecular weight excluding hydrogens is 438 g/mol.